The van der Waals surface area contributed by atoms with Gasteiger partial charge in [-0.3, -0.25) is 0 Å². The zero-order valence-corrected chi connectivity index (χ0v) is 6.88. The van der Waals surface area contributed by atoms with Crippen LogP contribution in [-0.4, -0.2) is 16.7 Å². The summed E-state index contributed by atoms with van der Waals surface area (Å²) in [5.74, 6) is 0. The Morgan fingerprint density at radius 1 is 1.64 bits per heavy atom. The first-order valence-electron chi connectivity index (χ1n) is 4.22. The van der Waals surface area contributed by atoms with Crippen LogP contribution in [0.25, 0.3) is 0 Å². The van der Waals surface area contributed by atoms with Gasteiger partial charge in [-0.2, -0.15) is 0 Å². The van der Waals surface area contributed by atoms with Gasteiger partial charge in [-0.05, 0) is 32.3 Å². The smallest absolute Gasteiger partial charge is 0.102 e. The van der Waals surface area contributed by atoms with Crippen LogP contribution in [-0.2, 0) is 0 Å². The highest BCUT2D eigenvalue weighted by molar-refractivity contribution is 5.07. The molecule has 0 bridgehead atoms. The zero-order valence-electron chi connectivity index (χ0n) is 6.88. The minimum atomic E-state index is -0.324. The van der Waals surface area contributed by atoms with Gasteiger partial charge in [0.1, 0.15) is 5.66 Å². The van der Waals surface area contributed by atoms with Crippen molar-refractivity contribution in [1.82, 2.24) is 10.4 Å². The molecule has 1 aliphatic carbocycles. The molecule has 3 nitrogen and oxygen atoms in total. The molecule has 1 unspecified atom stereocenters. The third-order valence-electron chi connectivity index (χ3n) is 2.42. The Hall–Kier alpha value is -0.540. The topological polar surface area (TPSA) is 41.3 Å². The van der Waals surface area contributed by atoms with Crippen molar-refractivity contribution in [2.45, 2.75) is 37.9 Å². The number of nitrogens with two attached hydrogens (primary N) is 1. The Morgan fingerprint density at radius 2 is 2.36 bits per heavy atom. The molecule has 0 aromatic rings. The fourth-order valence-electron chi connectivity index (χ4n) is 1.47. The monoisotopic (exact) mass is 153 g/mol. The predicted octanol–water partition coefficient (Wildman–Crippen LogP) is 0.548. The molecule has 0 amide bonds. The summed E-state index contributed by atoms with van der Waals surface area (Å²) in [5, 5.41) is 2.14. The molecule has 11 heavy (non-hydrogen) atoms. The first kappa shape index (κ1) is 7.13. The average Bonchev–Trinajstić information content (AvgIpc) is 2.05. The molecular formula is C8H15N3. The van der Waals surface area contributed by atoms with Gasteiger partial charge >= 0.3 is 0 Å². The van der Waals surface area contributed by atoms with Crippen LogP contribution in [0.5, 0.6) is 0 Å². The highest BCUT2D eigenvalue weighted by atomic mass is 15.6. The molecule has 3 N–H and O–H groups in total. The lowest BCUT2D eigenvalue weighted by atomic mass is 9.93. The summed E-state index contributed by atoms with van der Waals surface area (Å²) >= 11 is 0. The summed E-state index contributed by atoms with van der Waals surface area (Å²) in [7, 11) is 0. The minimum Gasteiger partial charge on any atom is -0.311 e. The highest BCUT2D eigenvalue weighted by Crippen LogP contribution is 2.26. The van der Waals surface area contributed by atoms with Crippen molar-refractivity contribution in [2.75, 3.05) is 0 Å². The third kappa shape index (κ3) is 1.26. The van der Waals surface area contributed by atoms with Crippen molar-refractivity contribution in [1.29, 1.82) is 0 Å². The Balaban J connectivity index is 1.95. The molecule has 0 spiro atoms. The lowest BCUT2D eigenvalue weighted by Gasteiger charge is -2.36. The second kappa shape index (κ2) is 2.22. The van der Waals surface area contributed by atoms with Crippen LogP contribution in [0.3, 0.4) is 0 Å². The van der Waals surface area contributed by atoms with Crippen molar-refractivity contribution >= 4 is 0 Å². The van der Waals surface area contributed by atoms with E-state index in [9.17, 15) is 0 Å². The van der Waals surface area contributed by atoms with E-state index in [2.05, 4.69) is 16.6 Å². The first-order valence-corrected chi connectivity index (χ1v) is 4.22. The number of nitrogens with zero attached hydrogens (tertiary/aromatic N) is 1. The zero-order chi connectivity index (χ0) is 7.90. The fourth-order valence-corrected chi connectivity index (χ4v) is 1.47. The number of hydrogen-bond acceptors (Lipinski definition) is 3. The summed E-state index contributed by atoms with van der Waals surface area (Å²) in [5.41, 5.74) is 8.75. The normalized spacial score (nSPS) is 37.8. The molecule has 62 valence electrons. The van der Waals surface area contributed by atoms with Crippen molar-refractivity contribution in [3.63, 3.8) is 0 Å². The molecule has 2 aliphatic rings. The number of hydrogen-bond donors (Lipinski definition) is 2. The maximum absolute atomic E-state index is 5.85. The standard InChI is InChI=1S/C8H15N3/c1-8(9)5-6-11(10-8)7-3-2-4-7/h5-7,10H,2-4,9H2,1H3. The summed E-state index contributed by atoms with van der Waals surface area (Å²) in [6.45, 7) is 1.97. The highest BCUT2D eigenvalue weighted by Gasteiger charge is 2.30. The molecule has 0 radical (unpaired) electrons. The van der Waals surface area contributed by atoms with E-state index in [1.807, 2.05) is 13.0 Å². The summed E-state index contributed by atoms with van der Waals surface area (Å²) in [6, 6.07) is 0.691. The molecule has 2 rings (SSSR count). The van der Waals surface area contributed by atoms with E-state index < -0.39 is 0 Å². The minimum absolute atomic E-state index is 0.324. The molecule has 1 aliphatic heterocycles. The molecule has 1 saturated carbocycles. The van der Waals surface area contributed by atoms with Crippen LogP contribution in [0, 0.1) is 0 Å². The van der Waals surface area contributed by atoms with Gasteiger partial charge in [-0.25, -0.2) is 5.43 Å². The lowest BCUT2D eigenvalue weighted by Crippen LogP contribution is -2.54. The van der Waals surface area contributed by atoms with Gasteiger partial charge in [-0.1, -0.05) is 0 Å². The third-order valence-corrected chi connectivity index (χ3v) is 2.42. The van der Waals surface area contributed by atoms with E-state index >= 15 is 0 Å². The van der Waals surface area contributed by atoms with Gasteiger partial charge < -0.3 is 10.7 Å². The Labute approximate surface area is 67.2 Å². The largest absolute Gasteiger partial charge is 0.311 e. The average molecular weight is 153 g/mol. The summed E-state index contributed by atoms with van der Waals surface area (Å²) < 4.78 is 0. The van der Waals surface area contributed by atoms with Crippen molar-refractivity contribution in [3.8, 4) is 0 Å². The van der Waals surface area contributed by atoms with E-state index in [1.54, 1.807) is 0 Å². The maximum atomic E-state index is 5.85. The van der Waals surface area contributed by atoms with E-state index in [0.29, 0.717) is 6.04 Å². The molecule has 1 heterocycles. The molecule has 3 heteroatoms. The van der Waals surface area contributed by atoms with Crippen molar-refractivity contribution < 1.29 is 0 Å². The molecule has 1 fully saturated rings. The number of nitrogens with one attached hydrogen (secondary N) is 1. The van der Waals surface area contributed by atoms with Crippen molar-refractivity contribution in [3.05, 3.63) is 12.3 Å². The quantitative estimate of drug-likeness (QED) is 0.578. The second-order valence-corrected chi connectivity index (χ2v) is 3.70. The molecule has 1 atom stereocenters. The van der Waals surface area contributed by atoms with Gasteiger partial charge in [0.15, 0.2) is 0 Å². The van der Waals surface area contributed by atoms with Gasteiger partial charge in [-0.15, -0.1) is 0 Å². The van der Waals surface area contributed by atoms with Gasteiger partial charge in [0.2, 0.25) is 0 Å². The summed E-state index contributed by atoms with van der Waals surface area (Å²) in [4.78, 5) is 0. The lowest BCUT2D eigenvalue weighted by molar-refractivity contribution is 0.112. The Morgan fingerprint density at radius 3 is 2.73 bits per heavy atom. The van der Waals surface area contributed by atoms with Crippen LogP contribution in [0.2, 0.25) is 0 Å². The predicted molar refractivity (Wildman–Crippen MR) is 44.3 cm³/mol. The second-order valence-electron chi connectivity index (χ2n) is 3.70. The molecule has 0 aromatic heterocycles. The van der Waals surface area contributed by atoms with Gasteiger partial charge in [0.05, 0.1) is 0 Å². The number of rotatable bonds is 1. The maximum Gasteiger partial charge on any atom is 0.102 e. The van der Waals surface area contributed by atoms with E-state index in [1.165, 1.54) is 19.3 Å². The SMILES string of the molecule is CC1(N)C=CN(C2CCC2)N1. The molecule has 0 aromatic carbocycles. The Kier molecular flexibility index (Phi) is 1.44. The van der Waals surface area contributed by atoms with Crippen LogP contribution in [0.4, 0.5) is 0 Å². The van der Waals surface area contributed by atoms with Crippen LogP contribution in [0.15, 0.2) is 12.3 Å². The van der Waals surface area contributed by atoms with Crippen molar-refractivity contribution in [2.24, 2.45) is 5.73 Å². The number of hydrazine groups is 1. The van der Waals surface area contributed by atoms with Gasteiger partial charge in [0.25, 0.3) is 0 Å². The van der Waals surface area contributed by atoms with Crippen LogP contribution in [0.1, 0.15) is 26.2 Å². The van der Waals surface area contributed by atoms with Crippen LogP contribution < -0.4 is 11.2 Å². The molecular weight excluding hydrogens is 138 g/mol. The molecule has 0 saturated heterocycles. The van der Waals surface area contributed by atoms with E-state index in [-0.39, 0.29) is 5.66 Å². The fraction of sp³-hybridized carbons (Fsp3) is 0.750. The van der Waals surface area contributed by atoms with E-state index in [4.69, 9.17) is 5.73 Å². The van der Waals surface area contributed by atoms with Crippen LogP contribution >= 0.6 is 0 Å². The first-order chi connectivity index (χ1) is 5.17. The summed E-state index contributed by atoms with van der Waals surface area (Å²) in [6.07, 6.45) is 8.02. The Bertz CT molecular complexity index is 182. The van der Waals surface area contributed by atoms with Gasteiger partial charge in [0, 0.05) is 12.2 Å². The van der Waals surface area contributed by atoms with E-state index in [0.717, 1.165) is 0 Å².